The number of allylic oxidation sites excluding steroid dienone is 2. The van der Waals surface area contributed by atoms with E-state index in [1.807, 2.05) is 0 Å². The van der Waals surface area contributed by atoms with Gasteiger partial charge in [0.15, 0.2) is 9.84 Å². The van der Waals surface area contributed by atoms with E-state index < -0.39 is 9.84 Å². The van der Waals surface area contributed by atoms with Gasteiger partial charge in [-0.1, -0.05) is 12.2 Å². The molecule has 0 amide bonds. The van der Waals surface area contributed by atoms with Crippen LogP contribution in [0, 0.1) is 10.8 Å². The lowest BCUT2D eigenvalue weighted by molar-refractivity contribution is 0.157. The van der Waals surface area contributed by atoms with Crippen LogP contribution in [0.4, 0.5) is 0 Å². The van der Waals surface area contributed by atoms with Gasteiger partial charge in [0.2, 0.25) is 0 Å². The molecule has 3 rings (SSSR count). The minimum atomic E-state index is -2.83. The van der Waals surface area contributed by atoms with Crippen molar-refractivity contribution in [3.8, 4) is 0 Å². The first-order chi connectivity index (χ1) is 6.58. The molecule has 0 bridgehead atoms. The minimum absolute atomic E-state index is 0.0828. The lowest BCUT2D eigenvalue weighted by atomic mass is 9.62. The standard InChI is InChI=1S/C10H14O3S/c11-14(12)7-9-3-1-2-4-10(9,8-14)6-13-5-9/h1-2H,3-8H2/t9-,10+. The zero-order chi connectivity index (χ0) is 9.86. The monoisotopic (exact) mass is 214 g/mol. The summed E-state index contributed by atoms with van der Waals surface area (Å²) >= 11 is 0. The van der Waals surface area contributed by atoms with Crippen molar-refractivity contribution in [2.45, 2.75) is 12.8 Å². The van der Waals surface area contributed by atoms with Crippen molar-refractivity contribution >= 4 is 9.84 Å². The summed E-state index contributed by atoms with van der Waals surface area (Å²) < 4.78 is 29.0. The number of hydrogen-bond donors (Lipinski definition) is 0. The topological polar surface area (TPSA) is 43.4 Å². The van der Waals surface area contributed by atoms with E-state index in [4.69, 9.17) is 4.74 Å². The van der Waals surface area contributed by atoms with E-state index in [9.17, 15) is 8.42 Å². The third-order valence-corrected chi connectivity index (χ3v) is 6.04. The maximum atomic E-state index is 11.7. The Morgan fingerprint density at radius 1 is 1.00 bits per heavy atom. The van der Waals surface area contributed by atoms with Gasteiger partial charge >= 0.3 is 0 Å². The Labute approximate surface area is 84.1 Å². The van der Waals surface area contributed by atoms with Crippen LogP contribution in [-0.2, 0) is 14.6 Å². The fraction of sp³-hybridized carbons (Fsp3) is 0.800. The number of hydrogen-bond acceptors (Lipinski definition) is 3. The van der Waals surface area contributed by atoms with Crippen molar-refractivity contribution in [3.63, 3.8) is 0 Å². The van der Waals surface area contributed by atoms with Gasteiger partial charge in [-0.2, -0.15) is 0 Å². The maximum absolute atomic E-state index is 11.7. The molecule has 78 valence electrons. The van der Waals surface area contributed by atoms with E-state index in [1.165, 1.54) is 0 Å². The van der Waals surface area contributed by atoms with E-state index >= 15 is 0 Å². The third kappa shape index (κ3) is 0.932. The molecule has 3 nitrogen and oxygen atoms in total. The molecule has 0 aromatic rings. The quantitative estimate of drug-likeness (QED) is 0.559. The van der Waals surface area contributed by atoms with Crippen LogP contribution in [0.25, 0.3) is 0 Å². The highest BCUT2D eigenvalue weighted by Gasteiger charge is 2.63. The Hall–Kier alpha value is -0.350. The third-order valence-electron chi connectivity index (χ3n) is 4.06. The van der Waals surface area contributed by atoms with Crippen LogP contribution in [-0.4, -0.2) is 33.1 Å². The Morgan fingerprint density at radius 3 is 2.00 bits per heavy atom. The fourth-order valence-corrected chi connectivity index (χ4v) is 6.12. The van der Waals surface area contributed by atoms with Crippen molar-refractivity contribution in [2.75, 3.05) is 24.7 Å². The van der Waals surface area contributed by atoms with Crippen molar-refractivity contribution in [3.05, 3.63) is 12.2 Å². The summed E-state index contributed by atoms with van der Waals surface area (Å²) in [4.78, 5) is 0. The number of ether oxygens (including phenoxy) is 1. The summed E-state index contributed by atoms with van der Waals surface area (Å²) in [5, 5.41) is 0. The summed E-state index contributed by atoms with van der Waals surface area (Å²) in [7, 11) is -2.83. The summed E-state index contributed by atoms with van der Waals surface area (Å²) in [5.74, 6) is 0.675. The SMILES string of the molecule is O=S1(=O)C[C@@]23CC=CC[C@@]2(COC3)C1. The highest BCUT2D eigenvalue weighted by atomic mass is 32.2. The molecule has 2 atom stereocenters. The molecule has 2 aliphatic heterocycles. The molecule has 0 N–H and O–H groups in total. The lowest BCUT2D eigenvalue weighted by Crippen LogP contribution is -2.40. The largest absolute Gasteiger partial charge is 0.380 e. The van der Waals surface area contributed by atoms with Crippen LogP contribution in [0.1, 0.15) is 12.8 Å². The second-order valence-corrected chi connectivity index (χ2v) is 7.03. The van der Waals surface area contributed by atoms with E-state index in [1.54, 1.807) is 0 Å². The van der Waals surface area contributed by atoms with Gasteiger partial charge in [-0.15, -0.1) is 0 Å². The molecule has 4 heteroatoms. The highest BCUT2D eigenvalue weighted by Crippen LogP contribution is 2.58. The van der Waals surface area contributed by atoms with Crippen LogP contribution in [0.5, 0.6) is 0 Å². The lowest BCUT2D eigenvalue weighted by Gasteiger charge is -2.38. The number of sulfone groups is 1. The predicted octanol–water partition coefficient (Wildman–Crippen LogP) is 0.768. The Morgan fingerprint density at radius 2 is 1.50 bits per heavy atom. The molecule has 2 heterocycles. The average Bonchev–Trinajstić information content (AvgIpc) is 2.50. The molecule has 0 saturated carbocycles. The molecule has 14 heavy (non-hydrogen) atoms. The molecular weight excluding hydrogens is 200 g/mol. The molecule has 2 saturated heterocycles. The van der Waals surface area contributed by atoms with Gasteiger partial charge in [0.05, 0.1) is 24.7 Å². The van der Waals surface area contributed by atoms with Gasteiger partial charge in [-0.25, -0.2) is 8.42 Å². The van der Waals surface area contributed by atoms with Gasteiger partial charge in [0.25, 0.3) is 0 Å². The molecule has 0 aromatic heterocycles. The second-order valence-electron chi connectivity index (χ2n) is 4.97. The highest BCUT2D eigenvalue weighted by molar-refractivity contribution is 7.91. The molecular formula is C10H14O3S. The normalized spacial score (nSPS) is 48.9. The van der Waals surface area contributed by atoms with Gasteiger partial charge in [0, 0.05) is 10.8 Å². The molecule has 1 aliphatic carbocycles. The molecule has 3 aliphatic rings. The molecule has 2 fully saturated rings. The van der Waals surface area contributed by atoms with Crippen molar-refractivity contribution < 1.29 is 13.2 Å². The molecule has 0 unspecified atom stereocenters. The summed E-state index contributed by atoms with van der Waals surface area (Å²) in [6.45, 7) is 1.27. The van der Waals surface area contributed by atoms with Crippen molar-refractivity contribution in [2.24, 2.45) is 10.8 Å². The van der Waals surface area contributed by atoms with Gasteiger partial charge < -0.3 is 4.74 Å². The Balaban J connectivity index is 2.14. The van der Waals surface area contributed by atoms with Crippen LogP contribution >= 0.6 is 0 Å². The molecule has 0 spiro atoms. The van der Waals surface area contributed by atoms with Crippen LogP contribution in [0.2, 0.25) is 0 Å². The molecule has 0 radical (unpaired) electrons. The first-order valence-electron chi connectivity index (χ1n) is 5.01. The van der Waals surface area contributed by atoms with E-state index in [2.05, 4.69) is 12.2 Å². The van der Waals surface area contributed by atoms with Gasteiger partial charge in [0.1, 0.15) is 0 Å². The van der Waals surface area contributed by atoms with Crippen molar-refractivity contribution in [1.82, 2.24) is 0 Å². The van der Waals surface area contributed by atoms with Gasteiger partial charge in [-0.3, -0.25) is 0 Å². The number of rotatable bonds is 0. The molecule has 0 aromatic carbocycles. The summed E-state index contributed by atoms with van der Waals surface area (Å²) in [6, 6.07) is 0. The summed E-state index contributed by atoms with van der Waals surface area (Å²) in [6.07, 6.45) is 6.00. The Kier molecular flexibility index (Phi) is 1.54. The van der Waals surface area contributed by atoms with Crippen LogP contribution < -0.4 is 0 Å². The van der Waals surface area contributed by atoms with Gasteiger partial charge in [-0.05, 0) is 12.8 Å². The van der Waals surface area contributed by atoms with Crippen LogP contribution in [0.15, 0.2) is 12.2 Å². The van der Waals surface area contributed by atoms with E-state index in [0.717, 1.165) is 12.8 Å². The minimum Gasteiger partial charge on any atom is -0.380 e. The zero-order valence-corrected chi connectivity index (χ0v) is 8.85. The Bertz CT molecular complexity index is 368. The fourth-order valence-electron chi connectivity index (χ4n) is 3.32. The second kappa shape index (κ2) is 2.42. The summed E-state index contributed by atoms with van der Waals surface area (Å²) in [5.41, 5.74) is -0.166. The van der Waals surface area contributed by atoms with E-state index in [0.29, 0.717) is 24.7 Å². The zero-order valence-electron chi connectivity index (χ0n) is 8.03. The first-order valence-corrected chi connectivity index (χ1v) is 6.83. The average molecular weight is 214 g/mol. The van der Waals surface area contributed by atoms with Crippen LogP contribution in [0.3, 0.4) is 0 Å². The smallest absolute Gasteiger partial charge is 0.151 e. The van der Waals surface area contributed by atoms with Crippen molar-refractivity contribution in [1.29, 1.82) is 0 Å². The first kappa shape index (κ1) is 8.92. The maximum Gasteiger partial charge on any atom is 0.151 e. The predicted molar refractivity (Wildman–Crippen MR) is 52.7 cm³/mol. The van der Waals surface area contributed by atoms with E-state index in [-0.39, 0.29) is 10.8 Å².